The zero-order valence-corrected chi connectivity index (χ0v) is 14.0. The summed E-state index contributed by atoms with van der Waals surface area (Å²) >= 11 is 0. The second-order valence-electron chi connectivity index (χ2n) is 5.52. The van der Waals surface area contributed by atoms with Gasteiger partial charge < -0.3 is 4.90 Å². The third kappa shape index (κ3) is 4.32. The number of para-hydroxylation sites is 2. The molecule has 0 bridgehead atoms. The van der Waals surface area contributed by atoms with Crippen LogP contribution in [0.1, 0.15) is 12.5 Å². The van der Waals surface area contributed by atoms with Gasteiger partial charge in [-0.3, -0.25) is 4.79 Å². The van der Waals surface area contributed by atoms with E-state index in [0.717, 1.165) is 22.6 Å². The molecule has 0 fully saturated rings. The smallest absolute Gasteiger partial charge is 0.236 e. The molecule has 3 aromatic rings. The van der Waals surface area contributed by atoms with Crippen LogP contribution in [0, 0.1) is 0 Å². The van der Waals surface area contributed by atoms with E-state index in [4.69, 9.17) is 0 Å². The van der Waals surface area contributed by atoms with Crippen LogP contribution >= 0.6 is 0 Å². The van der Waals surface area contributed by atoms with E-state index in [1.165, 1.54) is 6.92 Å². The fraction of sp³-hybridized carbons (Fsp3) is 0.0476. The Morgan fingerprint density at radius 1 is 0.800 bits per heavy atom. The van der Waals surface area contributed by atoms with Gasteiger partial charge in [0.1, 0.15) is 0 Å². The quantitative estimate of drug-likeness (QED) is 0.548. The van der Waals surface area contributed by atoms with Gasteiger partial charge in [-0.1, -0.05) is 48.5 Å². The first-order valence-corrected chi connectivity index (χ1v) is 8.04. The Morgan fingerprint density at radius 3 is 1.76 bits per heavy atom. The summed E-state index contributed by atoms with van der Waals surface area (Å²) in [5, 5.41) is 3.89. The molecule has 0 heterocycles. The van der Waals surface area contributed by atoms with Crippen molar-refractivity contribution >= 4 is 29.2 Å². The summed E-state index contributed by atoms with van der Waals surface area (Å²) in [6.45, 7) is 1.43. The van der Waals surface area contributed by atoms with E-state index < -0.39 is 0 Å². The summed E-state index contributed by atoms with van der Waals surface area (Å²) in [7, 11) is 0. The molecule has 124 valence electrons. The Hall–Kier alpha value is -3.40. The number of carbonyl (C=O) groups is 1. The summed E-state index contributed by atoms with van der Waals surface area (Å²) in [6.07, 6.45) is 1.63. The predicted molar refractivity (Wildman–Crippen MR) is 103 cm³/mol. The number of rotatable bonds is 5. The number of nitrogens with zero attached hydrogens (tertiary/aromatic N) is 2. The van der Waals surface area contributed by atoms with E-state index in [-0.39, 0.29) is 5.91 Å². The molecule has 25 heavy (non-hydrogen) atoms. The predicted octanol–water partition coefficient (Wildman–Crippen LogP) is 4.63. The maximum absolute atomic E-state index is 10.9. The Bertz CT molecular complexity index is 804. The number of benzene rings is 3. The van der Waals surface area contributed by atoms with Crippen LogP contribution < -0.4 is 10.3 Å². The standard InChI is InChI=1S/C21H19N3O/c1-17(25)23-22-16-18-12-14-21(15-13-18)24(19-8-4-2-5-9-19)20-10-6-3-7-11-20/h2-16H,1H3,(H,23,25). The maximum Gasteiger partial charge on any atom is 0.236 e. The third-order valence-electron chi connectivity index (χ3n) is 3.62. The van der Waals surface area contributed by atoms with Crippen LogP contribution in [0.5, 0.6) is 0 Å². The molecular formula is C21H19N3O. The second kappa shape index (κ2) is 7.93. The van der Waals surface area contributed by atoms with E-state index in [1.54, 1.807) is 6.21 Å². The first-order valence-electron chi connectivity index (χ1n) is 8.04. The second-order valence-corrected chi connectivity index (χ2v) is 5.52. The van der Waals surface area contributed by atoms with Gasteiger partial charge in [0, 0.05) is 24.0 Å². The average Bonchev–Trinajstić information content (AvgIpc) is 2.65. The monoisotopic (exact) mass is 329 g/mol. The van der Waals surface area contributed by atoms with Crippen molar-refractivity contribution in [3.8, 4) is 0 Å². The van der Waals surface area contributed by atoms with Crippen molar-refractivity contribution in [3.63, 3.8) is 0 Å². The number of hydrogen-bond donors (Lipinski definition) is 1. The molecule has 0 saturated carbocycles. The van der Waals surface area contributed by atoms with Gasteiger partial charge in [0.25, 0.3) is 0 Å². The fourth-order valence-electron chi connectivity index (χ4n) is 2.51. The Balaban J connectivity index is 1.92. The molecule has 0 aliphatic carbocycles. The van der Waals surface area contributed by atoms with Gasteiger partial charge in [-0.05, 0) is 42.0 Å². The first kappa shape index (κ1) is 16.5. The zero-order valence-electron chi connectivity index (χ0n) is 14.0. The lowest BCUT2D eigenvalue weighted by atomic mass is 10.1. The third-order valence-corrected chi connectivity index (χ3v) is 3.62. The number of nitrogens with one attached hydrogen (secondary N) is 1. The summed E-state index contributed by atoms with van der Waals surface area (Å²) in [5.74, 6) is -0.188. The number of carbonyl (C=O) groups excluding carboxylic acids is 1. The van der Waals surface area contributed by atoms with E-state index in [0.29, 0.717) is 0 Å². The lowest BCUT2D eigenvalue weighted by molar-refractivity contribution is -0.118. The van der Waals surface area contributed by atoms with Gasteiger partial charge in [0.15, 0.2) is 0 Å². The van der Waals surface area contributed by atoms with Gasteiger partial charge in [-0.25, -0.2) is 5.43 Å². The SMILES string of the molecule is CC(=O)NN=Cc1ccc(N(c2ccccc2)c2ccccc2)cc1. The minimum Gasteiger partial charge on any atom is -0.311 e. The molecule has 0 aliphatic heterocycles. The van der Waals surface area contributed by atoms with Crippen molar-refractivity contribution in [1.82, 2.24) is 5.43 Å². The lowest BCUT2D eigenvalue weighted by Crippen LogP contribution is -2.12. The zero-order chi connectivity index (χ0) is 17.5. The largest absolute Gasteiger partial charge is 0.311 e. The highest BCUT2D eigenvalue weighted by Gasteiger charge is 2.11. The molecule has 4 heteroatoms. The van der Waals surface area contributed by atoms with Crippen LogP contribution in [0.4, 0.5) is 17.1 Å². The highest BCUT2D eigenvalue weighted by atomic mass is 16.2. The van der Waals surface area contributed by atoms with Crippen LogP contribution in [0.2, 0.25) is 0 Å². The normalized spacial score (nSPS) is 10.6. The van der Waals surface area contributed by atoms with Crippen molar-refractivity contribution in [2.24, 2.45) is 5.10 Å². The Morgan fingerprint density at radius 2 is 1.28 bits per heavy atom. The molecule has 0 atom stereocenters. The van der Waals surface area contributed by atoms with Crippen LogP contribution in [0.15, 0.2) is 90.0 Å². The van der Waals surface area contributed by atoms with Crippen LogP contribution in [0.25, 0.3) is 0 Å². The summed E-state index contributed by atoms with van der Waals surface area (Å²) < 4.78 is 0. The molecular weight excluding hydrogens is 310 g/mol. The molecule has 0 saturated heterocycles. The highest BCUT2D eigenvalue weighted by molar-refractivity contribution is 5.83. The van der Waals surface area contributed by atoms with Gasteiger partial charge in [-0.15, -0.1) is 0 Å². The van der Waals surface area contributed by atoms with Gasteiger partial charge >= 0.3 is 0 Å². The van der Waals surface area contributed by atoms with Crippen molar-refractivity contribution in [3.05, 3.63) is 90.5 Å². The van der Waals surface area contributed by atoms with E-state index >= 15 is 0 Å². The van der Waals surface area contributed by atoms with E-state index in [1.807, 2.05) is 60.7 Å². The molecule has 0 spiro atoms. The van der Waals surface area contributed by atoms with Crippen LogP contribution in [-0.2, 0) is 4.79 Å². The number of hydrazone groups is 1. The minimum atomic E-state index is -0.188. The van der Waals surface area contributed by atoms with Gasteiger partial charge in [0.05, 0.1) is 6.21 Å². The van der Waals surface area contributed by atoms with Gasteiger partial charge in [-0.2, -0.15) is 5.10 Å². The minimum absolute atomic E-state index is 0.188. The van der Waals surface area contributed by atoms with Crippen LogP contribution in [-0.4, -0.2) is 12.1 Å². The maximum atomic E-state index is 10.9. The molecule has 0 aromatic heterocycles. The van der Waals surface area contributed by atoms with Crippen molar-refractivity contribution in [1.29, 1.82) is 0 Å². The molecule has 1 amide bonds. The topological polar surface area (TPSA) is 44.7 Å². The van der Waals surface area contributed by atoms with Crippen molar-refractivity contribution in [2.45, 2.75) is 6.92 Å². The number of anilines is 3. The van der Waals surface area contributed by atoms with Crippen molar-refractivity contribution in [2.75, 3.05) is 4.90 Å². The average molecular weight is 329 g/mol. The summed E-state index contributed by atoms with van der Waals surface area (Å²) in [5.41, 5.74) is 6.55. The Labute approximate surface area is 147 Å². The molecule has 1 N–H and O–H groups in total. The number of amides is 1. The summed E-state index contributed by atoms with van der Waals surface area (Å²) in [6, 6.07) is 28.5. The summed E-state index contributed by atoms with van der Waals surface area (Å²) in [4.78, 5) is 13.0. The molecule has 4 nitrogen and oxygen atoms in total. The van der Waals surface area contributed by atoms with Crippen molar-refractivity contribution < 1.29 is 4.79 Å². The molecule has 3 rings (SSSR count). The van der Waals surface area contributed by atoms with E-state index in [2.05, 4.69) is 39.7 Å². The first-order chi connectivity index (χ1) is 12.2. The van der Waals surface area contributed by atoms with Gasteiger partial charge in [0.2, 0.25) is 5.91 Å². The number of hydrogen-bond acceptors (Lipinski definition) is 3. The molecule has 3 aromatic carbocycles. The lowest BCUT2D eigenvalue weighted by Gasteiger charge is -2.25. The molecule has 0 radical (unpaired) electrons. The molecule has 0 unspecified atom stereocenters. The van der Waals surface area contributed by atoms with Crippen LogP contribution in [0.3, 0.4) is 0 Å². The van der Waals surface area contributed by atoms with E-state index in [9.17, 15) is 4.79 Å². The molecule has 0 aliphatic rings. The Kier molecular flexibility index (Phi) is 5.22. The fourth-order valence-corrected chi connectivity index (χ4v) is 2.51. The highest BCUT2D eigenvalue weighted by Crippen LogP contribution is 2.33.